The van der Waals surface area contributed by atoms with Crippen LogP contribution in [0.1, 0.15) is 80.8 Å². The van der Waals surface area contributed by atoms with Crippen LogP contribution in [-0.4, -0.2) is 102 Å². The van der Waals surface area contributed by atoms with Gasteiger partial charge in [0, 0.05) is 45.8 Å². The van der Waals surface area contributed by atoms with Crippen LogP contribution in [0.5, 0.6) is 0 Å². The van der Waals surface area contributed by atoms with Crippen molar-refractivity contribution in [1.82, 2.24) is 30.7 Å². The molecule has 14 nitrogen and oxygen atoms in total. The number of nitrogens with one attached hydrogen (secondary N) is 3. The summed E-state index contributed by atoms with van der Waals surface area (Å²) in [5.41, 5.74) is 5.66. The maximum Gasteiger partial charge on any atom is 0.410 e. The fourth-order valence-electron chi connectivity index (χ4n) is 7.32. The molecule has 0 radical (unpaired) electrons. The fraction of sp³-hybridized carbons (Fsp3) is 0.431. The van der Waals surface area contributed by atoms with Crippen LogP contribution in [0.25, 0.3) is 0 Å². The summed E-state index contributed by atoms with van der Waals surface area (Å²) in [5, 5.41) is 9.05. The highest BCUT2D eigenvalue weighted by Crippen LogP contribution is 2.18. The van der Waals surface area contributed by atoms with Crippen molar-refractivity contribution in [2.24, 2.45) is 0 Å². The Hall–Kier alpha value is -6.41. The first-order valence-electron chi connectivity index (χ1n) is 22.7. The lowest BCUT2D eigenvalue weighted by Crippen LogP contribution is -2.61. The zero-order valence-corrected chi connectivity index (χ0v) is 38.6. The average Bonchev–Trinajstić information content (AvgIpc) is 3.32. The Morgan fingerprint density at radius 1 is 0.569 bits per heavy atom. The van der Waals surface area contributed by atoms with Gasteiger partial charge in [0.05, 0.1) is 6.54 Å². The van der Waals surface area contributed by atoms with Gasteiger partial charge in [0.15, 0.2) is 0 Å². The number of aryl methyl sites for hydroxylation is 2. The largest absolute Gasteiger partial charge is 0.445 e. The summed E-state index contributed by atoms with van der Waals surface area (Å²) in [7, 11) is 0. The van der Waals surface area contributed by atoms with E-state index in [1.807, 2.05) is 84.9 Å². The van der Waals surface area contributed by atoms with Crippen LogP contribution in [-0.2, 0) is 62.9 Å². The van der Waals surface area contributed by atoms with Crippen molar-refractivity contribution in [3.05, 3.63) is 143 Å². The summed E-state index contributed by atoms with van der Waals surface area (Å²) in [6.45, 7) is 12.7. The molecule has 2 aliphatic heterocycles. The monoisotopic (exact) mass is 890 g/mol. The molecular weight excluding hydrogens is 825 g/mol. The minimum absolute atomic E-state index is 0.0244. The maximum atomic E-state index is 13.2. The van der Waals surface area contributed by atoms with Crippen LogP contribution in [0.4, 0.5) is 14.4 Å². The zero-order valence-electron chi connectivity index (χ0n) is 38.6. The Morgan fingerprint density at radius 3 is 1.48 bits per heavy atom. The normalized spacial score (nSPS) is 16.0. The topological polar surface area (TPSA) is 159 Å². The van der Waals surface area contributed by atoms with Crippen molar-refractivity contribution in [1.29, 1.82) is 0 Å². The molecule has 3 N–H and O–H groups in total. The van der Waals surface area contributed by atoms with Gasteiger partial charge in [-0.15, -0.1) is 0 Å². The van der Waals surface area contributed by atoms with Crippen LogP contribution < -0.4 is 16.0 Å². The molecule has 6 rings (SSSR count). The number of hydrogen-bond donors (Lipinski definition) is 3. The van der Waals surface area contributed by atoms with Gasteiger partial charge in [0.1, 0.15) is 30.9 Å². The maximum absolute atomic E-state index is 13.2. The molecule has 348 valence electrons. The number of ether oxygens (including phenoxy) is 3. The summed E-state index contributed by atoms with van der Waals surface area (Å²) in [5.74, 6) is -0.524. The van der Waals surface area contributed by atoms with Crippen molar-refractivity contribution in [2.75, 3.05) is 39.3 Å². The predicted molar refractivity (Wildman–Crippen MR) is 249 cm³/mol. The highest BCUT2D eigenvalue weighted by atomic mass is 16.6. The van der Waals surface area contributed by atoms with E-state index in [9.17, 15) is 24.0 Å². The van der Waals surface area contributed by atoms with E-state index < -0.39 is 36.0 Å². The number of benzene rings is 4. The van der Waals surface area contributed by atoms with Crippen molar-refractivity contribution < 1.29 is 38.2 Å². The minimum Gasteiger partial charge on any atom is -0.445 e. The second-order valence-electron chi connectivity index (χ2n) is 17.2. The Kier molecular flexibility index (Phi) is 19.2. The highest BCUT2D eigenvalue weighted by molar-refractivity contribution is 5.87. The molecule has 2 heterocycles. The zero-order chi connectivity index (χ0) is 46.6. The Morgan fingerprint density at radius 2 is 1.02 bits per heavy atom. The Bertz CT molecular complexity index is 2110. The van der Waals surface area contributed by atoms with Crippen molar-refractivity contribution >= 4 is 30.1 Å². The molecule has 4 aromatic carbocycles. The van der Waals surface area contributed by atoms with Gasteiger partial charge in [-0.3, -0.25) is 19.4 Å². The van der Waals surface area contributed by atoms with Gasteiger partial charge in [-0.1, -0.05) is 136 Å². The molecule has 0 unspecified atom stereocenters. The average molecular weight is 891 g/mol. The third kappa shape index (κ3) is 16.3. The van der Waals surface area contributed by atoms with E-state index in [2.05, 4.69) is 54.1 Å². The lowest BCUT2D eigenvalue weighted by atomic mass is 10.1. The SMILES string of the molecule is CCCc1ccc(CNC(=O)[C@H]2CN(C(=O)OC(C)(C)C)CCN2C(=O)OCc2ccccc2)cc1.CCCc1ccc(CNC(=O)[C@H]2CNCCN2C(=O)OCc2ccccc2)cc1. The van der Waals surface area contributed by atoms with Gasteiger partial charge < -0.3 is 35.1 Å². The van der Waals surface area contributed by atoms with Crippen LogP contribution >= 0.6 is 0 Å². The second kappa shape index (κ2) is 25.2. The molecule has 0 bridgehead atoms. The third-order valence-electron chi connectivity index (χ3n) is 10.8. The molecular formula is C51H66N6O8. The van der Waals surface area contributed by atoms with Gasteiger partial charge >= 0.3 is 18.3 Å². The molecule has 2 atom stereocenters. The van der Waals surface area contributed by atoms with E-state index in [-0.39, 0.29) is 44.7 Å². The summed E-state index contributed by atoms with van der Waals surface area (Å²) < 4.78 is 16.4. The fourth-order valence-corrected chi connectivity index (χ4v) is 7.32. The summed E-state index contributed by atoms with van der Waals surface area (Å²) in [6.07, 6.45) is 2.69. The number of carbonyl (C=O) groups excluding carboxylic acids is 5. The third-order valence-corrected chi connectivity index (χ3v) is 10.8. The van der Waals surface area contributed by atoms with Gasteiger partial charge in [-0.2, -0.15) is 0 Å². The van der Waals surface area contributed by atoms with Gasteiger partial charge in [-0.05, 0) is 67.0 Å². The first-order valence-corrected chi connectivity index (χ1v) is 22.7. The molecule has 14 heteroatoms. The first-order chi connectivity index (χ1) is 31.3. The Balaban J connectivity index is 0.000000250. The number of carbonyl (C=O) groups is 5. The number of rotatable bonds is 14. The molecule has 0 saturated carbocycles. The van der Waals surface area contributed by atoms with Gasteiger partial charge in [0.2, 0.25) is 11.8 Å². The molecule has 0 spiro atoms. The molecule has 4 aromatic rings. The van der Waals surface area contributed by atoms with E-state index in [1.165, 1.54) is 25.8 Å². The van der Waals surface area contributed by atoms with Crippen LogP contribution in [0.15, 0.2) is 109 Å². The van der Waals surface area contributed by atoms with Crippen molar-refractivity contribution in [3.63, 3.8) is 0 Å². The molecule has 2 aliphatic rings. The van der Waals surface area contributed by atoms with Gasteiger partial charge in [-0.25, -0.2) is 14.4 Å². The predicted octanol–water partition coefficient (Wildman–Crippen LogP) is 7.38. The summed E-state index contributed by atoms with van der Waals surface area (Å²) in [6, 6.07) is 33.8. The lowest BCUT2D eigenvalue weighted by Gasteiger charge is -2.40. The van der Waals surface area contributed by atoms with Crippen LogP contribution in [0.3, 0.4) is 0 Å². The van der Waals surface area contributed by atoms with Crippen LogP contribution in [0.2, 0.25) is 0 Å². The van der Waals surface area contributed by atoms with Crippen molar-refractivity contribution in [3.8, 4) is 0 Å². The molecule has 0 aliphatic carbocycles. The first kappa shape index (κ1) is 49.6. The number of nitrogens with zero attached hydrogens (tertiary/aromatic N) is 3. The Labute approximate surface area is 384 Å². The molecule has 65 heavy (non-hydrogen) atoms. The number of hydrogen-bond acceptors (Lipinski definition) is 9. The molecule has 5 amide bonds. The van der Waals surface area contributed by atoms with E-state index in [1.54, 1.807) is 20.8 Å². The highest BCUT2D eigenvalue weighted by Gasteiger charge is 2.39. The molecule has 2 saturated heterocycles. The standard InChI is InChI=1S/C28H37N3O5.C23H29N3O3/c1-5-9-21-12-14-22(15-13-21)18-29-25(32)24-19-30(26(33)36-28(2,3)4)16-17-31(24)27(34)35-20-23-10-7-6-8-11-23;1-2-6-18-9-11-19(12-10-18)15-25-22(27)21-16-24-13-14-26(21)23(28)29-17-20-7-4-3-5-8-20/h6-8,10-15,24H,5,9,16-20H2,1-4H3,(H,29,32);3-5,7-12,21,24H,2,6,13-17H2,1H3,(H,25,27)/t24-;21-/m11/s1. The second-order valence-corrected chi connectivity index (χ2v) is 17.2. The van der Waals surface area contributed by atoms with E-state index in [4.69, 9.17) is 14.2 Å². The van der Waals surface area contributed by atoms with E-state index in [0.29, 0.717) is 32.7 Å². The van der Waals surface area contributed by atoms with Crippen molar-refractivity contribution in [2.45, 2.75) is 104 Å². The lowest BCUT2D eigenvalue weighted by molar-refractivity contribution is -0.128. The summed E-state index contributed by atoms with van der Waals surface area (Å²) >= 11 is 0. The summed E-state index contributed by atoms with van der Waals surface area (Å²) in [4.78, 5) is 68.5. The quantitative estimate of drug-likeness (QED) is 0.110. The van der Waals surface area contributed by atoms with E-state index in [0.717, 1.165) is 47.9 Å². The van der Waals surface area contributed by atoms with Crippen LogP contribution in [0, 0.1) is 0 Å². The number of amides is 5. The molecule has 2 fully saturated rings. The number of piperazine rings is 2. The minimum atomic E-state index is -0.895. The smallest absolute Gasteiger partial charge is 0.410 e. The van der Waals surface area contributed by atoms with E-state index >= 15 is 0 Å². The molecule has 0 aromatic heterocycles. The van der Waals surface area contributed by atoms with Gasteiger partial charge in [0.25, 0.3) is 0 Å².